The summed E-state index contributed by atoms with van der Waals surface area (Å²) in [7, 11) is -0.788. The first-order valence-corrected chi connectivity index (χ1v) is 7.94. The maximum absolute atomic E-state index is 11.2. The van der Waals surface area contributed by atoms with Crippen LogP contribution in [0.3, 0.4) is 0 Å². The number of nitrogens with one attached hydrogen (secondary N) is 1. The van der Waals surface area contributed by atoms with Gasteiger partial charge in [0.05, 0.1) is 6.42 Å². The Hall–Kier alpha value is -1.20. The molecule has 0 saturated heterocycles. The molecule has 0 aliphatic heterocycles. The third-order valence-electron chi connectivity index (χ3n) is 3.07. The van der Waals surface area contributed by atoms with Crippen LogP contribution >= 0.6 is 0 Å². The highest BCUT2D eigenvalue weighted by atomic mass is 32.2. The fourth-order valence-corrected chi connectivity index (χ4v) is 2.21. The van der Waals surface area contributed by atoms with E-state index in [1.54, 1.807) is 6.26 Å². The van der Waals surface area contributed by atoms with Crippen LogP contribution in [0.2, 0.25) is 0 Å². The van der Waals surface area contributed by atoms with Gasteiger partial charge >= 0.3 is 5.97 Å². The van der Waals surface area contributed by atoms with Crippen LogP contribution in [0.25, 0.3) is 0 Å². The minimum atomic E-state index is -0.817. The van der Waals surface area contributed by atoms with Crippen molar-refractivity contribution in [1.29, 1.82) is 0 Å². The first-order chi connectivity index (χ1) is 9.00. The molecule has 2 atom stereocenters. The summed E-state index contributed by atoms with van der Waals surface area (Å²) in [5.74, 6) is -0.817. The van der Waals surface area contributed by atoms with Crippen LogP contribution in [0.4, 0.5) is 0 Å². The van der Waals surface area contributed by atoms with E-state index in [-0.39, 0.29) is 11.7 Å². The van der Waals surface area contributed by atoms with Gasteiger partial charge in [0.25, 0.3) is 0 Å². The van der Waals surface area contributed by atoms with E-state index in [1.807, 2.05) is 31.2 Å². The van der Waals surface area contributed by atoms with Crippen molar-refractivity contribution in [3.63, 3.8) is 0 Å². The fraction of sp³-hybridized carbons (Fsp3) is 0.500. The highest BCUT2D eigenvalue weighted by Gasteiger charge is 2.07. The highest BCUT2D eigenvalue weighted by Crippen LogP contribution is 2.09. The molecule has 0 aromatic heterocycles. The van der Waals surface area contributed by atoms with E-state index in [4.69, 9.17) is 5.11 Å². The second-order valence-corrected chi connectivity index (χ2v) is 6.42. The van der Waals surface area contributed by atoms with E-state index >= 15 is 0 Å². The molecule has 0 spiro atoms. The van der Waals surface area contributed by atoms with Gasteiger partial charge in [0, 0.05) is 28.9 Å². The molecule has 2 unspecified atom stereocenters. The second-order valence-electron chi connectivity index (χ2n) is 4.61. The molecule has 0 bridgehead atoms. The maximum atomic E-state index is 11.2. The van der Waals surface area contributed by atoms with Crippen LogP contribution in [0.5, 0.6) is 0 Å². The summed E-state index contributed by atoms with van der Waals surface area (Å²) < 4.78 is 11.2. The average Bonchev–Trinajstić information content (AvgIpc) is 2.35. The molecule has 5 heteroatoms. The number of hydrogen-bond acceptors (Lipinski definition) is 3. The van der Waals surface area contributed by atoms with Crippen LogP contribution < -0.4 is 5.32 Å². The number of carboxylic acids is 1. The minimum Gasteiger partial charge on any atom is -0.481 e. The van der Waals surface area contributed by atoms with E-state index in [1.165, 1.54) is 0 Å². The summed E-state index contributed by atoms with van der Waals surface area (Å²) in [5.41, 5.74) is 1.85. The Morgan fingerprint density at radius 1 is 1.37 bits per heavy atom. The van der Waals surface area contributed by atoms with Gasteiger partial charge in [0.1, 0.15) is 0 Å². The Bertz CT molecular complexity index is 448. The standard InChI is InChI=1S/C14H21NO3S/c1-11(19(2)18)7-8-15-10-13-6-4-3-5-12(13)9-14(16)17/h3-6,11,15H,7-10H2,1-2H3,(H,16,17). The number of rotatable bonds is 8. The van der Waals surface area contributed by atoms with E-state index < -0.39 is 16.8 Å². The number of aliphatic carboxylic acids is 1. The zero-order chi connectivity index (χ0) is 14.3. The van der Waals surface area contributed by atoms with E-state index in [0.717, 1.165) is 24.1 Å². The zero-order valence-corrected chi connectivity index (χ0v) is 12.2. The lowest BCUT2D eigenvalue weighted by molar-refractivity contribution is -0.136. The molecular formula is C14H21NO3S. The first kappa shape index (κ1) is 15.9. The Labute approximate surface area is 116 Å². The Balaban J connectivity index is 2.45. The van der Waals surface area contributed by atoms with E-state index in [2.05, 4.69) is 5.32 Å². The van der Waals surface area contributed by atoms with Crippen LogP contribution in [-0.4, -0.2) is 33.3 Å². The zero-order valence-electron chi connectivity index (χ0n) is 11.4. The second kappa shape index (κ2) is 8.07. The number of carboxylic acid groups (broad SMARTS) is 1. The summed E-state index contributed by atoms with van der Waals surface area (Å²) in [6.07, 6.45) is 2.62. The third-order valence-corrected chi connectivity index (χ3v) is 4.44. The van der Waals surface area contributed by atoms with Crippen molar-refractivity contribution in [1.82, 2.24) is 5.32 Å². The van der Waals surface area contributed by atoms with E-state index in [9.17, 15) is 9.00 Å². The van der Waals surface area contributed by atoms with Crippen LogP contribution in [0, 0.1) is 0 Å². The Kier molecular flexibility index (Phi) is 6.73. The van der Waals surface area contributed by atoms with Gasteiger partial charge in [0.2, 0.25) is 0 Å². The Morgan fingerprint density at radius 2 is 2.00 bits per heavy atom. The molecule has 0 saturated carbocycles. The smallest absolute Gasteiger partial charge is 0.307 e. The summed E-state index contributed by atoms with van der Waals surface area (Å²) in [6.45, 7) is 3.39. The van der Waals surface area contributed by atoms with Crippen LogP contribution in [-0.2, 0) is 28.6 Å². The SMILES string of the molecule is CC(CCNCc1ccccc1CC(=O)O)S(C)=O. The highest BCUT2D eigenvalue weighted by molar-refractivity contribution is 7.84. The molecule has 1 rings (SSSR count). The van der Waals surface area contributed by atoms with Crippen molar-refractivity contribution in [3.05, 3.63) is 35.4 Å². The normalized spacial score (nSPS) is 14.0. The molecule has 0 heterocycles. The van der Waals surface area contributed by atoms with Gasteiger partial charge in [-0.2, -0.15) is 0 Å². The van der Waals surface area contributed by atoms with Gasteiger partial charge in [-0.05, 0) is 24.1 Å². The van der Waals surface area contributed by atoms with Crippen LogP contribution in [0.15, 0.2) is 24.3 Å². The lowest BCUT2D eigenvalue weighted by Crippen LogP contribution is -2.21. The molecule has 0 amide bonds. The topological polar surface area (TPSA) is 66.4 Å². The van der Waals surface area contributed by atoms with Gasteiger partial charge < -0.3 is 10.4 Å². The van der Waals surface area contributed by atoms with Crippen molar-refractivity contribution in [3.8, 4) is 0 Å². The summed E-state index contributed by atoms with van der Waals surface area (Å²) in [5, 5.41) is 12.3. The van der Waals surface area contributed by atoms with Gasteiger partial charge in [0.15, 0.2) is 0 Å². The summed E-state index contributed by atoms with van der Waals surface area (Å²) >= 11 is 0. The molecule has 19 heavy (non-hydrogen) atoms. The van der Waals surface area contributed by atoms with E-state index in [0.29, 0.717) is 6.54 Å². The summed E-state index contributed by atoms with van der Waals surface area (Å²) in [6, 6.07) is 7.54. The molecule has 0 aliphatic carbocycles. The molecule has 1 aromatic rings. The monoisotopic (exact) mass is 283 g/mol. The lowest BCUT2D eigenvalue weighted by Gasteiger charge is -2.11. The largest absolute Gasteiger partial charge is 0.481 e. The van der Waals surface area contributed by atoms with Crippen molar-refractivity contribution < 1.29 is 14.1 Å². The van der Waals surface area contributed by atoms with Gasteiger partial charge in [-0.15, -0.1) is 0 Å². The lowest BCUT2D eigenvalue weighted by atomic mass is 10.0. The predicted molar refractivity (Wildman–Crippen MR) is 77.6 cm³/mol. The van der Waals surface area contributed by atoms with Gasteiger partial charge in [-0.1, -0.05) is 31.2 Å². The molecule has 0 radical (unpaired) electrons. The quantitative estimate of drug-likeness (QED) is 0.711. The molecule has 0 aliphatic rings. The minimum absolute atomic E-state index is 0.0488. The summed E-state index contributed by atoms with van der Waals surface area (Å²) in [4.78, 5) is 10.8. The predicted octanol–water partition coefficient (Wildman–Crippen LogP) is 1.56. The van der Waals surface area contributed by atoms with Crippen molar-refractivity contribution in [2.24, 2.45) is 0 Å². The molecule has 2 N–H and O–H groups in total. The van der Waals surface area contributed by atoms with Crippen molar-refractivity contribution >= 4 is 16.8 Å². The number of benzene rings is 1. The van der Waals surface area contributed by atoms with Crippen LogP contribution in [0.1, 0.15) is 24.5 Å². The van der Waals surface area contributed by atoms with Crippen molar-refractivity contribution in [2.75, 3.05) is 12.8 Å². The maximum Gasteiger partial charge on any atom is 0.307 e. The van der Waals surface area contributed by atoms with Gasteiger partial charge in [-0.25, -0.2) is 0 Å². The third kappa shape index (κ3) is 5.98. The molecule has 1 aromatic carbocycles. The van der Waals surface area contributed by atoms with Gasteiger partial charge in [-0.3, -0.25) is 9.00 Å². The Morgan fingerprint density at radius 3 is 2.58 bits per heavy atom. The average molecular weight is 283 g/mol. The molecule has 0 fully saturated rings. The first-order valence-electron chi connectivity index (χ1n) is 6.32. The number of hydrogen-bond donors (Lipinski definition) is 2. The molecule has 106 valence electrons. The molecule has 4 nitrogen and oxygen atoms in total. The number of carbonyl (C=O) groups is 1. The fourth-order valence-electron chi connectivity index (χ4n) is 1.76. The van der Waals surface area contributed by atoms with Crippen molar-refractivity contribution in [2.45, 2.75) is 31.6 Å². The molecular weight excluding hydrogens is 262 g/mol.